The number of carbonyl (C=O) groups excluding carboxylic acids is 1. The minimum Gasteiger partial charge on any atom is -0.355 e. The summed E-state index contributed by atoms with van der Waals surface area (Å²) in [6, 6.07) is 0. The van der Waals surface area contributed by atoms with Gasteiger partial charge in [0.05, 0.1) is 5.75 Å². The van der Waals surface area contributed by atoms with Gasteiger partial charge in [-0.1, -0.05) is 20.8 Å². The molecule has 1 aliphatic rings. The Morgan fingerprint density at radius 1 is 1.21 bits per heavy atom. The Balaban J connectivity index is 2.33. The molecule has 3 N–H and O–H groups in total. The molecule has 0 aliphatic heterocycles. The molecule has 0 unspecified atom stereocenters. The summed E-state index contributed by atoms with van der Waals surface area (Å²) in [6.45, 7) is 6.83. The van der Waals surface area contributed by atoms with Crippen LogP contribution in [0.15, 0.2) is 0 Å². The third-order valence-electron chi connectivity index (χ3n) is 4.01. The molecule has 1 rings (SSSR count). The molecule has 1 amide bonds. The van der Waals surface area contributed by atoms with Crippen LogP contribution in [0.25, 0.3) is 0 Å². The Bertz CT molecular complexity index is 404. The molecule has 1 aliphatic carbocycles. The van der Waals surface area contributed by atoms with Crippen LogP contribution in [0.2, 0.25) is 0 Å². The van der Waals surface area contributed by atoms with E-state index in [1.165, 1.54) is 0 Å². The summed E-state index contributed by atoms with van der Waals surface area (Å²) in [5.41, 5.74) is 0.301. The van der Waals surface area contributed by atoms with Gasteiger partial charge in [0.15, 0.2) is 0 Å². The first-order valence-corrected chi connectivity index (χ1v) is 8.59. The van der Waals surface area contributed by atoms with Gasteiger partial charge in [-0.2, -0.15) is 0 Å². The summed E-state index contributed by atoms with van der Waals surface area (Å²) < 4.78 is 21.5. The van der Waals surface area contributed by atoms with Crippen molar-refractivity contribution in [2.75, 3.05) is 12.3 Å². The maximum absolute atomic E-state index is 11.9. The lowest BCUT2D eigenvalue weighted by atomic mass is 9.70. The second kappa shape index (κ2) is 6.22. The van der Waals surface area contributed by atoms with Crippen molar-refractivity contribution in [1.29, 1.82) is 0 Å². The topological polar surface area (TPSA) is 89.3 Å². The van der Waals surface area contributed by atoms with E-state index in [1.54, 1.807) is 0 Å². The number of nitrogens with two attached hydrogens (primary N) is 1. The molecular formula is C13H26N2O3S. The van der Waals surface area contributed by atoms with Gasteiger partial charge in [-0.3, -0.25) is 4.79 Å². The van der Waals surface area contributed by atoms with Gasteiger partial charge in [0.25, 0.3) is 0 Å². The Morgan fingerprint density at radius 3 is 2.16 bits per heavy atom. The number of rotatable bonds is 4. The van der Waals surface area contributed by atoms with E-state index in [1.807, 2.05) is 0 Å². The lowest BCUT2D eigenvalue weighted by Crippen LogP contribution is -2.38. The van der Waals surface area contributed by atoms with Crippen LogP contribution < -0.4 is 10.5 Å². The summed E-state index contributed by atoms with van der Waals surface area (Å²) in [6.07, 6.45) is 3.92. The van der Waals surface area contributed by atoms with Gasteiger partial charge in [-0.25, -0.2) is 13.6 Å². The Kier molecular flexibility index (Phi) is 5.38. The lowest BCUT2D eigenvalue weighted by molar-refractivity contribution is -0.126. The van der Waals surface area contributed by atoms with Crippen LogP contribution >= 0.6 is 0 Å². The van der Waals surface area contributed by atoms with Crippen molar-refractivity contribution in [3.8, 4) is 0 Å². The standard InChI is InChI=1S/C13H26N2O3S/c1-13(2,3)11-6-4-10(5-7-11)12(16)15-8-9-19(14,17)18/h10-11H,4-9H2,1-3H3,(H,15,16)(H2,14,17,18). The third kappa shape index (κ3) is 5.91. The molecule has 0 atom stereocenters. The molecule has 0 saturated heterocycles. The average Bonchev–Trinajstić information content (AvgIpc) is 2.26. The zero-order valence-electron chi connectivity index (χ0n) is 12.1. The van der Waals surface area contributed by atoms with Gasteiger partial charge < -0.3 is 5.32 Å². The Hall–Kier alpha value is -0.620. The highest BCUT2D eigenvalue weighted by molar-refractivity contribution is 7.89. The number of hydrogen-bond donors (Lipinski definition) is 2. The number of sulfonamides is 1. The predicted octanol–water partition coefficient (Wildman–Crippen LogP) is 1.24. The van der Waals surface area contributed by atoms with Gasteiger partial charge >= 0.3 is 0 Å². The Morgan fingerprint density at radius 2 is 1.74 bits per heavy atom. The maximum Gasteiger partial charge on any atom is 0.223 e. The van der Waals surface area contributed by atoms with Crippen molar-refractivity contribution in [2.24, 2.45) is 22.4 Å². The van der Waals surface area contributed by atoms with Crippen LogP contribution in [0.1, 0.15) is 46.5 Å². The highest BCUT2D eigenvalue weighted by atomic mass is 32.2. The SMILES string of the molecule is CC(C)(C)C1CCC(C(=O)NCCS(N)(=O)=O)CC1. The highest BCUT2D eigenvalue weighted by Crippen LogP contribution is 2.39. The fourth-order valence-electron chi connectivity index (χ4n) is 2.68. The second-order valence-corrected chi connectivity index (χ2v) is 8.31. The largest absolute Gasteiger partial charge is 0.355 e. The first-order chi connectivity index (χ1) is 8.59. The van der Waals surface area contributed by atoms with Crippen LogP contribution in [-0.4, -0.2) is 26.6 Å². The van der Waals surface area contributed by atoms with E-state index in [-0.39, 0.29) is 24.1 Å². The number of hydrogen-bond acceptors (Lipinski definition) is 3. The number of amides is 1. The van der Waals surface area contributed by atoms with Crippen molar-refractivity contribution in [1.82, 2.24) is 5.32 Å². The minimum absolute atomic E-state index is 0.0269. The normalized spacial score (nSPS) is 25.1. The quantitative estimate of drug-likeness (QED) is 0.816. The molecule has 5 nitrogen and oxygen atoms in total. The molecule has 0 aromatic carbocycles. The summed E-state index contributed by atoms with van der Waals surface area (Å²) in [4.78, 5) is 11.9. The van der Waals surface area contributed by atoms with Crippen molar-refractivity contribution < 1.29 is 13.2 Å². The van der Waals surface area contributed by atoms with E-state index < -0.39 is 10.0 Å². The smallest absolute Gasteiger partial charge is 0.223 e. The second-order valence-electron chi connectivity index (χ2n) is 6.57. The Labute approximate surface area is 116 Å². The highest BCUT2D eigenvalue weighted by Gasteiger charge is 2.32. The summed E-state index contributed by atoms with van der Waals surface area (Å²) >= 11 is 0. The monoisotopic (exact) mass is 290 g/mol. The van der Waals surface area contributed by atoms with E-state index in [9.17, 15) is 13.2 Å². The molecule has 1 saturated carbocycles. The van der Waals surface area contributed by atoms with Crippen LogP contribution in [0, 0.1) is 17.3 Å². The fourth-order valence-corrected chi connectivity index (χ4v) is 3.07. The molecule has 6 heteroatoms. The number of primary sulfonamides is 1. The third-order valence-corrected chi connectivity index (χ3v) is 4.78. The van der Waals surface area contributed by atoms with Crippen LogP contribution in [-0.2, 0) is 14.8 Å². The summed E-state index contributed by atoms with van der Waals surface area (Å²) in [5, 5.41) is 7.55. The summed E-state index contributed by atoms with van der Waals surface area (Å²) in [7, 11) is -3.49. The summed E-state index contributed by atoms with van der Waals surface area (Å²) in [5.74, 6) is 0.465. The van der Waals surface area contributed by atoms with Crippen LogP contribution in [0.3, 0.4) is 0 Å². The van der Waals surface area contributed by atoms with E-state index in [0.29, 0.717) is 11.3 Å². The van der Waals surface area contributed by atoms with Gasteiger partial charge in [0.1, 0.15) is 0 Å². The van der Waals surface area contributed by atoms with Gasteiger partial charge in [-0.15, -0.1) is 0 Å². The average molecular weight is 290 g/mol. The van der Waals surface area contributed by atoms with Crippen molar-refractivity contribution in [3.05, 3.63) is 0 Å². The van der Waals surface area contributed by atoms with Crippen LogP contribution in [0.4, 0.5) is 0 Å². The van der Waals surface area contributed by atoms with Crippen molar-refractivity contribution in [2.45, 2.75) is 46.5 Å². The van der Waals surface area contributed by atoms with Crippen molar-refractivity contribution in [3.63, 3.8) is 0 Å². The minimum atomic E-state index is -3.49. The molecular weight excluding hydrogens is 264 g/mol. The maximum atomic E-state index is 11.9. The molecule has 1 fully saturated rings. The van der Waals surface area contributed by atoms with Gasteiger partial charge in [-0.05, 0) is 37.0 Å². The molecule has 0 bridgehead atoms. The molecule has 19 heavy (non-hydrogen) atoms. The fraction of sp³-hybridized carbons (Fsp3) is 0.923. The van der Waals surface area contributed by atoms with Gasteiger partial charge in [0, 0.05) is 12.5 Å². The first-order valence-electron chi connectivity index (χ1n) is 6.88. The van der Waals surface area contributed by atoms with E-state index >= 15 is 0 Å². The van der Waals surface area contributed by atoms with E-state index in [4.69, 9.17) is 5.14 Å². The number of nitrogens with one attached hydrogen (secondary N) is 1. The van der Waals surface area contributed by atoms with Gasteiger partial charge in [0.2, 0.25) is 15.9 Å². The zero-order chi connectivity index (χ0) is 14.7. The molecule has 0 heterocycles. The predicted molar refractivity (Wildman–Crippen MR) is 75.9 cm³/mol. The lowest BCUT2D eigenvalue weighted by Gasteiger charge is -2.36. The number of carbonyl (C=O) groups is 1. The van der Waals surface area contributed by atoms with Crippen molar-refractivity contribution >= 4 is 15.9 Å². The molecule has 0 radical (unpaired) electrons. The van der Waals surface area contributed by atoms with E-state index in [0.717, 1.165) is 25.7 Å². The zero-order valence-corrected chi connectivity index (χ0v) is 12.9. The molecule has 112 valence electrons. The van der Waals surface area contributed by atoms with E-state index in [2.05, 4.69) is 26.1 Å². The molecule has 0 aromatic rings. The molecule has 0 aromatic heterocycles. The molecule has 0 spiro atoms. The van der Waals surface area contributed by atoms with Crippen LogP contribution in [0.5, 0.6) is 0 Å². The first kappa shape index (κ1) is 16.4.